The molecular weight excluding hydrogens is 414 g/mol. The molecule has 0 radical (unpaired) electrons. The lowest BCUT2D eigenvalue weighted by Crippen LogP contribution is -2.38. The van der Waals surface area contributed by atoms with Crippen molar-refractivity contribution in [1.29, 1.82) is 5.41 Å². The summed E-state index contributed by atoms with van der Waals surface area (Å²) in [5.74, 6) is 2.00. The summed E-state index contributed by atoms with van der Waals surface area (Å²) in [7, 11) is 0. The quantitative estimate of drug-likeness (QED) is 0.394. The summed E-state index contributed by atoms with van der Waals surface area (Å²) in [6.07, 6.45) is 6.34. The third-order valence-electron chi connectivity index (χ3n) is 5.69. The lowest BCUT2D eigenvalue weighted by molar-refractivity contribution is -0.126. The number of amides is 1. The number of aromatic nitrogens is 2. The second-order valence-electron chi connectivity index (χ2n) is 8.02. The van der Waals surface area contributed by atoms with Crippen molar-refractivity contribution < 1.29 is 9.53 Å². The first-order valence-electron chi connectivity index (χ1n) is 11.0. The summed E-state index contributed by atoms with van der Waals surface area (Å²) >= 11 is 0. The summed E-state index contributed by atoms with van der Waals surface area (Å²) in [6, 6.07) is 15.3. The number of carbonyl (C=O) groups is 1. The van der Waals surface area contributed by atoms with Gasteiger partial charge in [0.2, 0.25) is 5.91 Å². The fourth-order valence-electron chi connectivity index (χ4n) is 3.98. The summed E-state index contributed by atoms with van der Waals surface area (Å²) in [4.78, 5) is 22.4. The topological polar surface area (TPSA) is 91.2 Å². The van der Waals surface area contributed by atoms with Crippen molar-refractivity contribution in [2.45, 2.75) is 25.8 Å². The Labute approximate surface area is 193 Å². The van der Waals surface area contributed by atoms with Crippen LogP contribution in [0.15, 0.2) is 73.7 Å². The van der Waals surface area contributed by atoms with Crippen molar-refractivity contribution in [3.8, 4) is 11.5 Å². The minimum Gasteiger partial charge on any atom is -0.457 e. The van der Waals surface area contributed by atoms with Crippen LogP contribution in [-0.4, -0.2) is 45.6 Å². The number of ether oxygens (including phenoxy) is 1. The number of nitrogens with one attached hydrogen (secondary N) is 2. The van der Waals surface area contributed by atoms with Crippen molar-refractivity contribution in [3.05, 3.63) is 90.4 Å². The zero-order valence-electron chi connectivity index (χ0n) is 18.6. The lowest BCUT2D eigenvalue weighted by Gasteiger charge is -2.24. The second kappa shape index (κ2) is 10.1. The van der Waals surface area contributed by atoms with Crippen molar-refractivity contribution in [2.75, 3.05) is 18.4 Å². The molecule has 1 fully saturated rings. The standard InChI is InChI=1S/C26H27N5O2/c1-3-24(32)31-13-5-7-20(31)15-29-26-23(16-28-17-30-26)25(27)19-9-11-21(12-10-19)33-22-8-4-6-18(2)14-22/h3-4,6,8-12,14,16-17,20,27H,1,5,7,13,15H2,2H3,(H,28,29,30). The molecule has 0 aliphatic carbocycles. The summed E-state index contributed by atoms with van der Waals surface area (Å²) in [5, 5.41) is 12.0. The molecule has 2 N–H and O–H groups in total. The maximum Gasteiger partial charge on any atom is 0.246 e. The van der Waals surface area contributed by atoms with Crippen molar-refractivity contribution in [2.24, 2.45) is 0 Å². The van der Waals surface area contributed by atoms with Gasteiger partial charge in [0.15, 0.2) is 0 Å². The van der Waals surface area contributed by atoms with E-state index in [1.807, 2.05) is 60.4 Å². The van der Waals surface area contributed by atoms with Crippen LogP contribution in [0.2, 0.25) is 0 Å². The molecule has 1 amide bonds. The van der Waals surface area contributed by atoms with Crippen molar-refractivity contribution >= 4 is 17.4 Å². The maximum atomic E-state index is 12.1. The van der Waals surface area contributed by atoms with Crippen LogP contribution in [0.4, 0.5) is 5.82 Å². The fraction of sp³-hybridized carbons (Fsp3) is 0.231. The van der Waals surface area contributed by atoms with Gasteiger partial charge in [0.25, 0.3) is 0 Å². The molecule has 1 saturated heterocycles. The third kappa shape index (κ3) is 5.26. The van der Waals surface area contributed by atoms with Crippen LogP contribution in [0.3, 0.4) is 0 Å². The fourth-order valence-corrected chi connectivity index (χ4v) is 3.98. The molecule has 1 unspecified atom stereocenters. The number of anilines is 1. The maximum absolute atomic E-state index is 12.1. The Hall–Kier alpha value is -4.00. The highest BCUT2D eigenvalue weighted by atomic mass is 16.5. The predicted octanol–water partition coefficient (Wildman–Crippen LogP) is 4.58. The minimum absolute atomic E-state index is 0.0528. The smallest absolute Gasteiger partial charge is 0.246 e. The van der Waals surface area contributed by atoms with E-state index in [1.165, 1.54) is 12.4 Å². The van der Waals surface area contributed by atoms with E-state index in [1.54, 1.807) is 6.20 Å². The highest BCUT2D eigenvalue weighted by molar-refractivity contribution is 6.13. The van der Waals surface area contributed by atoms with E-state index in [9.17, 15) is 4.79 Å². The third-order valence-corrected chi connectivity index (χ3v) is 5.69. The molecule has 1 atom stereocenters. The Balaban J connectivity index is 1.45. The number of rotatable bonds is 8. The van der Waals surface area contributed by atoms with Crippen LogP contribution < -0.4 is 10.1 Å². The molecule has 4 rings (SSSR count). The molecule has 2 heterocycles. The lowest BCUT2D eigenvalue weighted by atomic mass is 10.0. The van der Waals surface area contributed by atoms with Gasteiger partial charge in [0.05, 0.1) is 11.3 Å². The molecule has 2 aromatic carbocycles. The van der Waals surface area contributed by atoms with Crippen LogP contribution >= 0.6 is 0 Å². The summed E-state index contributed by atoms with van der Waals surface area (Å²) < 4.78 is 5.91. The van der Waals surface area contributed by atoms with E-state index in [4.69, 9.17) is 10.1 Å². The van der Waals surface area contributed by atoms with E-state index in [-0.39, 0.29) is 11.9 Å². The number of benzene rings is 2. The number of hydrogen-bond acceptors (Lipinski definition) is 6. The van der Waals surface area contributed by atoms with E-state index in [0.29, 0.717) is 29.4 Å². The van der Waals surface area contributed by atoms with Crippen LogP contribution in [0.1, 0.15) is 29.5 Å². The number of carbonyl (C=O) groups excluding carboxylic acids is 1. The normalized spacial score (nSPS) is 15.2. The first-order chi connectivity index (χ1) is 16.0. The van der Waals surface area contributed by atoms with Crippen LogP contribution in [0.5, 0.6) is 11.5 Å². The van der Waals surface area contributed by atoms with Gasteiger partial charge >= 0.3 is 0 Å². The average molecular weight is 442 g/mol. The number of aryl methyl sites for hydroxylation is 1. The Morgan fingerprint density at radius 2 is 2.09 bits per heavy atom. The van der Waals surface area contributed by atoms with Gasteiger partial charge < -0.3 is 15.0 Å². The van der Waals surface area contributed by atoms with Crippen LogP contribution in [-0.2, 0) is 4.79 Å². The molecular formula is C26H27N5O2. The van der Waals surface area contributed by atoms with Crippen molar-refractivity contribution in [1.82, 2.24) is 14.9 Å². The van der Waals surface area contributed by atoms with E-state index in [2.05, 4.69) is 21.9 Å². The average Bonchev–Trinajstić information content (AvgIpc) is 3.31. The van der Waals surface area contributed by atoms with Crippen LogP contribution in [0, 0.1) is 12.3 Å². The minimum atomic E-state index is -0.0528. The monoisotopic (exact) mass is 441 g/mol. The van der Waals surface area contributed by atoms with Crippen LogP contribution in [0.25, 0.3) is 0 Å². The molecule has 1 aliphatic heterocycles. The van der Waals surface area contributed by atoms with E-state index >= 15 is 0 Å². The zero-order chi connectivity index (χ0) is 23.2. The Morgan fingerprint density at radius 3 is 2.85 bits per heavy atom. The van der Waals surface area contributed by atoms with Gasteiger partial charge in [-0.05, 0) is 67.8 Å². The Kier molecular flexibility index (Phi) is 6.78. The highest BCUT2D eigenvalue weighted by Gasteiger charge is 2.27. The van der Waals surface area contributed by atoms with E-state index < -0.39 is 0 Å². The number of nitrogens with zero attached hydrogens (tertiary/aromatic N) is 3. The molecule has 168 valence electrons. The number of hydrogen-bond donors (Lipinski definition) is 2. The molecule has 7 heteroatoms. The molecule has 0 saturated carbocycles. The molecule has 1 aliphatic rings. The molecule has 1 aromatic heterocycles. The second-order valence-corrected chi connectivity index (χ2v) is 8.02. The predicted molar refractivity (Wildman–Crippen MR) is 129 cm³/mol. The number of likely N-dealkylation sites (tertiary alicyclic amines) is 1. The summed E-state index contributed by atoms with van der Waals surface area (Å²) in [6.45, 7) is 6.91. The highest BCUT2D eigenvalue weighted by Crippen LogP contribution is 2.24. The molecule has 0 spiro atoms. The van der Waals surface area contributed by atoms with Gasteiger partial charge in [-0.3, -0.25) is 10.2 Å². The van der Waals surface area contributed by atoms with Gasteiger partial charge in [-0.2, -0.15) is 0 Å². The molecule has 0 bridgehead atoms. The molecule has 3 aromatic rings. The van der Waals surface area contributed by atoms with Gasteiger partial charge in [-0.1, -0.05) is 18.7 Å². The van der Waals surface area contributed by atoms with Gasteiger partial charge in [-0.15, -0.1) is 0 Å². The first kappa shape index (κ1) is 22.2. The summed E-state index contributed by atoms with van der Waals surface area (Å²) in [5.41, 5.74) is 2.77. The van der Waals surface area contributed by atoms with Gasteiger partial charge in [0.1, 0.15) is 23.6 Å². The van der Waals surface area contributed by atoms with E-state index in [0.717, 1.165) is 36.3 Å². The largest absolute Gasteiger partial charge is 0.457 e. The van der Waals surface area contributed by atoms with Gasteiger partial charge in [0, 0.05) is 30.9 Å². The molecule has 7 nitrogen and oxygen atoms in total. The Morgan fingerprint density at radius 1 is 1.27 bits per heavy atom. The van der Waals surface area contributed by atoms with Gasteiger partial charge in [-0.25, -0.2) is 9.97 Å². The zero-order valence-corrected chi connectivity index (χ0v) is 18.6. The SMILES string of the molecule is C=CC(=O)N1CCCC1CNc1ncncc1C(=N)c1ccc(Oc2cccc(C)c2)cc1. The molecule has 33 heavy (non-hydrogen) atoms. The Bertz CT molecular complexity index is 1160. The van der Waals surface area contributed by atoms with Crippen molar-refractivity contribution in [3.63, 3.8) is 0 Å². The first-order valence-corrected chi connectivity index (χ1v) is 11.0.